The van der Waals surface area contributed by atoms with Crippen molar-refractivity contribution in [1.82, 2.24) is 5.16 Å². The molecule has 0 atom stereocenters. The zero-order valence-corrected chi connectivity index (χ0v) is 9.78. The Morgan fingerprint density at radius 1 is 1.75 bits per heavy atom. The minimum Gasteiger partial charge on any atom is -0.396 e. The Kier molecular flexibility index (Phi) is 4.25. The van der Waals surface area contributed by atoms with Crippen molar-refractivity contribution >= 4 is 28.8 Å². The molecule has 0 bridgehead atoms. The first-order valence-corrected chi connectivity index (χ1v) is 5.05. The van der Waals surface area contributed by atoms with Crippen LogP contribution in [-0.2, 0) is 11.2 Å². The number of allylic oxidation sites excluding steroid dienone is 1. The summed E-state index contributed by atoms with van der Waals surface area (Å²) >= 11 is 5.74. The number of halogens is 1. The number of aromatic nitrogens is 1. The lowest BCUT2D eigenvalue weighted by Crippen LogP contribution is -2.08. The van der Waals surface area contributed by atoms with Crippen LogP contribution in [0, 0.1) is 0 Å². The molecule has 0 fully saturated rings. The van der Waals surface area contributed by atoms with Crippen LogP contribution >= 0.6 is 11.6 Å². The van der Waals surface area contributed by atoms with Crippen LogP contribution in [0.2, 0.25) is 0 Å². The van der Waals surface area contributed by atoms with Gasteiger partial charge in [-0.3, -0.25) is 9.79 Å². The second-order valence-corrected chi connectivity index (χ2v) is 3.35. The lowest BCUT2D eigenvalue weighted by Gasteiger charge is -2.00. The van der Waals surface area contributed by atoms with Gasteiger partial charge in [-0.15, -0.1) is 0 Å². The van der Waals surface area contributed by atoms with E-state index < -0.39 is 0 Å². The van der Waals surface area contributed by atoms with Crippen molar-refractivity contribution in [1.29, 1.82) is 0 Å². The fourth-order valence-electron chi connectivity index (χ4n) is 1.09. The lowest BCUT2D eigenvalue weighted by atomic mass is 10.2. The third-order valence-corrected chi connectivity index (χ3v) is 2.38. The fraction of sp³-hybridized carbons (Fsp3) is 0.300. The summed E-state index contributed by atoms with van der Waals surface area (Å²) in [6.07, 6.45) is 1.25. The summed E-state index contributed by atoms with van der Waals surface area (Å²) in [7, 11) is 1.47. The molecule has 2 N–H and O–H groups in total. The predicted octanol–water partition coefficient (Wildman–Crippen LogP) is 1.37. The molecule has 6 heteroatoms. The highest BCUT2D eigenvalue weighted by Gasteiger charge is 2.13. The standard InChI is InChI=1S/C10H12ClN3O2/c1-3-6-4-8(14-16-6)9(12)7(5-15)10(11)13-2/h4-5H,3,12H2,1-2H3/b9-7-,13-10?. The number of aldehydes is 1. The van der Waals surface area contributed by atoms with Gasteiger partial charge in [-0.25, -0.2) is 0 Å². The molecule has 1 aromatic rings. The molecular weight excluding hydrogens is 230 g/mol. The SMILES string of the molecule is CCc1cc(/C(N)=C(\C=O)C(Cl)=NC)no1. The third-order valence-electron chi connectivity index (χ3n) is 2.01. The molecule has 0 saturated heterocycles. The van der Waals surface area contributed by atoms with Gasteiger partial charge in [-0.05, 0) is 0 Å². The Balaban J connectivity index is 3.19. The maximum absolute atomic E-state index is 10.8. The number of nitrogens with two attached hydrogens (primary N) is 1. The number of hydrogen-bond acceptors (Lipinski definition) is 5. The van der Waals surface area contributed by atoms with E-state index in [0.717, 1.165) is 0 Å². The van der Waals surface area contributed by atoms with E-state index in [1.54, 1.807) is 6.07 Å². The molecular formula is C10H12ClN3O2. The van der Waals surface area contributed by atoms with Crippen molar-refractivity contribution in [2.24, 2.45) is 10.7 Å². The number of rotatable bonds is 4. The Hall–Kier alpha value is -1.62. The molecule has 1 rings (SSSR count). The van der Waals surface area contributed by atoms with Gasteiger partial charge < -0.3 is 10.3 Å². The molecule has 0 aromatic carbocycles. The minimum atomic E-state index is 0.0496. The second kappa shape index (κ2) is 5.46. The van der Waals surface area contributed by atoms with Gasteiger partial charge in [0.05, 0.1) is 11.3 Å². The van der Waals surface area contributed by atoms with Gasteiger partial charge in [0.25, 0.3) is 0 Å². The van der Waals surface area contributed by atoms with Crippen LogP contribution in [0.25, 0.3) is 5.70 Å². The quantitative estimate of drug-likeness (QED) is 0.490. The molecule has 0 aliphatic carbocycles. The van der Waals surface area contributed by atoms with Crippen molar-refractivity contribution in [3.63, 3.8) is 0 Å². The highest BCUT2D eigenvalue weighted by atomic mass is 35.5. The summed E-state index contributed by atoms with van der Waals surface area (Å²) in [4.78, 5) is 14.5. The molecule has 0 radical (unpaired) electrons. The molecule has 1 aromatic heterocycles. The molecule has 0 aliphatic heterocycles. The number of carbonyl (C=O) groups is 1. The number of nitrogens with zero attached hydrogens (tertiary/aromatic N) is 2. The summed E-state index contributed by atoms with van der Waals surface area (Å²) in [5, 5.41) is 3.79. The molecule has 1 heterocycles. The van der Waals surface area contributed by atoms with Crippen LogP contribution in [0.15, 0.2) is 21.2 Å². The van der Waals surface area contributed by atoms with E-state index in [-0.39, 0.29) is 16.4 Å². The largest absolute Gasteiger partial charge is 0.396 e. The van der Waals surface area contributed by atoms with Gasteiger partial charge >= 0.3 is 0 Å². The molecule has 0 spiro atoms. The van der Waals surface area contributed by atoms with Crippen molar-refractivity contribution in [3.05, 3.63) is 23.1 Å². The molecule has 86 valence electrons. The summed E-state index contributed by atoms with van der Waals surface area (Å²) in [6.45, 7) is 1.92. The fourth-order valence-corrected chi connectivity index (χ4v) is 1.23. The van der Waals surface area contributed by atoms with Crippen LogP contribution in [-0.4, -0.2) is 23.7 Å². The number of aryl methyl sites for hydroxylation is 1. The van der Waals surface area contributed by atoms with E-state index in [1.165, 1.54) is 7.05 Å². The number of carbonyl (C=O) groups excluding carboxylic acids is 1. The lowest BCUT2D eigenvalue weighted by molar-refractivity contribution is -0.104. The minimum absolute atomic E-state index is 0.0496. The molecule has 5 nitrogen and oxygen atoms in total. The number of aliphatic imine (C=N–C) groups is 1. The van der Waals surface area contributed by atoms with Crippen LogP contribution < -0.4 is 5.73 Å². The molecule has 0 aliphatic rings. The van der Waals surface area contributed by atoms with E-state index in [2.05, 4.69) is 10.1 Å². The van der Waals surface area contributed by atoms with E-state index in [0.29, 0.717) is 24.2 Å². The normalized spacial score (nSPS) is 13.6. The Morgan fingerprint density at radius 3 is 2.88 bits per heavy atom. The van der Waals surface area contributed by atoms with Gasteiger partial charge in [-0.2, -0.15) is 0 Å². The zero-order valence-electron chi connectivity index (χ0n) is 9.03. The molecule has 0 amide bonds. The average Bonchev–Trinajstić information content (AvgIpc) is 2.78. The van der Waals surface area contributed by atoms with Crippen molar-refractivity contribution in [2.45, 2.75) is 13.3 Å². The highest BCUT2D eigenvalue weighted by molar-refractivity contribution is 6.72. The summed E-state index contributed by atoms with van der Waals surface area (Å²) in [5.74, 6) is 0.688. The van der Waals surface area contributed by atoms with Gasteiger partial charge in [0.2, 0.25) is 0 Å². The summed E-state index contributed by atoms with van der Waals surface area (Å²) in [5.41, 5.74) is 6.42. The van der Waals surface area contributed by atoms with Crippen molar-refractivity contribution < 1.29 is 9.32 Å². The third kappa shape index (κ3) is 2.49. The summed E-state index contributed by atoms with van der Waals surface area (Å²) in [6, 6.07) is 1.67. The first kappa shape index (κ1) is 12.4. The smallest absolute Gasteiger partial charge is 0.155 e. The van der Waals surface area contributed by atoms with Gasteiger partial charge in [0, 0.05) is 19.5 Å². The van der Waals surface area contributed by atoms with Crippen LogP contribution in [0.5, 0.6) is 0 Å². The average molecular weight is 242 g/mol. The summed E-state index contributed by atoms with van der Waals surface area (Å²) < 4.78 is 4.98. The number of hydrogen-bond donors (Lipinski definition) is 1. The van der Waals surface area contributed by atoms with Gasteiger partial charge in [0.1, 0.15) is 16.6 Å². The first-order valence-electron chi connectivity index (χ1n) is 4.67. The van der Waals surface area contributed by atoms with E-state index in [9.17, 15) is 4.79 Å². The van der Waals surface area contributed by atoms with Gasteiger partial charge in [0.15, 0.2) is 6.29 Å². The van der Waals surface area contributed by atoms with E-state index in [1.807, 2.05) is 6.92 Å². The Bertz CT molecular complexity index is 449. The van der Waals surface area contributed by atoms with Crippen molar-refractivity contribution in [2.75, 3.05) is 7.05 Å². The predicted molar refractivity (Wildman–Crippen MR) is 62.3 cm³/mol. The van der Waals surface area contributed by atoms with E-state index >= 15 is 0 Å². The van der Waals surface area contributed by atoms with Crippen LogP contribution in [0.3, 0.4) is 0 Å². The highest BCUT2D eigenvalue weighted by Crippen LogP contribution is 2.15. The Labute approximate surface area is 98.0 Å². The van der Waals surface area contributed by atoms with Crippen molar-refractivity contribution in [3.8, 4) is 0 Å². The maximum atomic E-state index is 10.8. The molecule has 0 saturated carbocycles. The zero-order chi connectivity index (χ0) is 12.1. The Morgan fingerprint density at radius 2 is 2.44 bits per heavy atom. The molecule has 16 heavy (non-hydrogen) atoms. The second-order valence-electron chi connectivity index (χ2n) is 2.99. The van der Waals surface area contributed by atoms with Crippen LogP contribution in [0.1, 0.15) is 18.4 Å². The monoisotopic (exact) mass is 241 g/mol. The molecule has 0 unspecified atom stereocenters. The topological polar surface area (TPSA) is 81.5 Å². The van der Waals surface area contributed by atoms with Gasteiger partial charge in [-0.1, -0.05) is 23.7 Å². The maximum Gasteiger partial charge on any atom is 0.155 e. The van der Waals surface area contributed by atoms with Crippen LogP contribution in [0.4, 0.5) is 0 Å². The first-order chi connectivity index (χ1) is 7.63. The van der Waals surface area contributed by atoms with E-state index in [4.69, 9.17) is 21.9 Å².